The summed E-state index contributed by atoms with van der Waals surface area (Å²) in [5.41, 5.74) is 2.04. The number of nitrogens with one attached hydrogen (secondary N) is 2. The number of aromatic nitrogens is 3. The molecular weight excluding hydrogens is 374 g/mol. The second kappa shape index (κ2) is 9.18. The van der Waals surface area contributed by atoms with Gasteiger partial charge in [-0.2, -0.15) is 0 Å². The number of carbonyl (C=O) groups is 2. The number of rotatable bonds is 6. The summed E-state index contributed by atoms with van der Waals surface area (Å²) < 4.78 is 1.95. The maximum absolute atomic E-state index is 12.2. The van der Waals surface area contributed by atoms with Gasteiger partial charge in [0.15, 0.2) is 5.16 Å². The van der Waals surface area contributed by atoms with E-state index < -0.39 is 17.2 Å². The Bertz CT molecular complexity index is 944. The lowest BCUT2D eigenvalue weighted by Crippen LogP contribution is -2.41. The van der Waals surface area contributed by atoms with Crippen LogP contribution in [0.3, 0.4) is 0 Å². The Morgan fingerprint density at radius 2 is 1.68 bits per heavy atom. The first kappa shape index (κ1) is 19.6. The summed E-state index contributed by atoms with van der Waals surface area (Å²) in [6, 6.07) is 19.2. The van der Waals surface area contributed by atoms with Gasteiger partial charge >= 0.3 is 6.03 Å². The summed E-state index contributed by atoms with van der Waals surface area (Å²) >= 11 is 1.25. The molecule has 1 aromatic heterocycles. The van der Waals surface area contributed by atoms with Crippen LogP contribution < -0.4 is 10.6 Å². The van der Waals surface area contributed by atoms with E-state index in [-0.39, 0.29) is 0 Å². The fourth-order valence-electron chi connectivity index (χ4n) is 2.59. The average Bonchev–Trinajstić information content (AvgIpc) is 3.11. The van der Waals surface area contributed by atoms with Crippen molar-refractivity contribution in [2.24, 2.45) is 0 Å². The minimum atomic E-state index is -0.535. The molecule has 2 N–H and O–H groups in total. The molecule has 0 saturated carbocycles. The van der Waals surface area contributed by atoms with E-state index in [9.17, 15) is 9.59 Å². The van der Waals surface area contributed by atoms with Crippen LogP contribution in [0.4, 0.5) is 4.79 Å². The van der Waals surface area contributed by atoms with E-state index in [1.165, 1.54) is 18.8 Å². The lowest BCUT2D eigenvalue weighted by Gasteiger charge is -2.13. The Labute approximate surface area is 167 Å². The van der Waals surface area contributed by atoms with Gasteiger partial charge in [-0.25, -0.2) is 4.79 Å². The van der Waals surface area contributed by atoms with Crippen LogP contribution >= 0.6 is 11.8 Å². The fraction of sp³-hybridized carbons (Fsp3) is 0.200. The molecule has 1 heterocycles. The van der Waals surface area contributed by atoms with Crippen molar-refractivity contribution in [1.29, 1.82) is 0 Å². The third-order valence-corrected chi connectivity index (χ3v) is 5.08. The number of amides is 3. The predicted octanol–water partition coefficient (Wildman–Crippen LogP) is 2.79. The Morgan fingerprint density at radius 1 is 1.04 bits per heavy atom. The Kier molecular flexibility index (Phi) is 6.44. The van der Waals surface area contributed by atoms with Gasteiger partial charge in [-0.15, -0.1) is 10.2 Å². The Morgan fingerprint density at radius 3 is 2.32 bits per heavy atom. The van der Waals surface area contributed by atoms with Gasteiger partial charge in [0.2, 0.25) is 5.91 Å². The smallest absolute Gasteiger partial charge is 0.321 e. The fourth-order valence-corrected chi connectivity index (χ4v) is 3.48. The molecule has 7 nitrogen and oxygen atoms in total. The van der Waals surface area contributed by atoms with Crippen molar-refractivity contribution in [3.05, 3.63) is 72.1 Å². The molecule has 0 fully saturated rings. The highest BCUT2D eigenvalue weighted by molar-refractivity contribution is 8.00. The standard InChI is InChI=1S/C20H21N5O2S/c1-14(18(26)22-19(27)21-2)28-20-24-23-17(13-15-9-5-3-6-10-15)25(20)16-11-7-4-8-12-16/h3-12,14H,13H2,1-2H3,(H2,21,22,26,27). The molecule has 2 aromatic carbocycles. The molecule has 144 valence electrons. The molecule has 1 unspecified atom stereocenters. The van der Waals surface area contributed by atoms with Crippen molar-refractivity contribution >= 4 is 23.7 Å². The first-order valence-electron chi connectivity index (χ1n) is 8.81. The summed E-state index contributed by atoms with van der Waals surface area (Å²) in [6.07, 6.45) is 0.613. The molecule has 0 saturated heterocycles. The van der Waals surface area contributed by atoms with Crippen molar-refractivity contribution in [3.63, 3.8) is 0 Å². The van der Waals surface area contributed by atoms with E-state index in [0.717, 1.165) is 17.1 Å². The van der Waals surface area contributed by atoms with Crippen LogP contribution in [0.15, 0.2) is 65.8 Å². The number of hydrogen-bond acceptors (Lipinski definition) is 5. The maximum atomic E-state index is 12.2. The molecule has 0 aliphatic heterocycles. The van der Waals surface area contributed by atoms with Crippen molar-refractivity contribution in [2.75, 3.05) is 7.05 Å². The Hall–Kier alpha value is -3.13. The molecule has 0 spiro atoms. The summed E-state index contributed by atoms with van der Waals surface area (Å²) in [7, 11) is 1.46. The largest absolute Gasteiger partial charge is 0.341 e. The van der Waals surface area contributed by atoms with Crippen molar-refractivity contribution in [3.8, 4) is 5.69 Å². The topological polar surface area (TPSA) is 88.9 Å². The lowest BCUT2D eigenvalue weighted by molar-refractivity contribution is -0.119. The summed E-state index contributed by atoms with van der Waals surface area (Å²) in [5.74, 6) is 0.385. The first-order valence-corrected chi connectivity index (χ1v) is 9.69. The number of benzene rings is 2. The minimum Gasteiger partial charge on any atom is -0.341 e. The van der Waals surface area contributed by atoms with Crippen LogP contribution in [0.2, 0.25) is 0 Å². The quantitative estimate of drug-likeness (QED) is 0.627. The van der Waals surface area contributed by atoms with Crippen LogP contribution in [-0.2, 0) is 11.2 Å². The van der Waals surface area contributed by atoms with Gasteiger partial charge in [-0.05, 0) is 24.6 Å². The van der Waals surface area contributed by atoms with E-state index in [4.69, 9.17) is 0 Å². The van der Waals surface area contributed by atoms with Gasteiger partial charge in [0.05, 0.1) is 5.25 Å². The van der Waals surface area contributed by atoms with Crippen LogP contribution in [0.1, 0.15) is 18.3 Å². The molecule has 0 bridgehead atoms. The van der Waals surface area contributed by atoms with Gasteiger partial charge < -0.3 is 5.32 Å². The number of para-hydroxylation sites is 1. The lowest BCUT2D eigenvalue weighted by atomic mass is 10.1. The van der Waals surface area contributed by atoms with Crippen LogP contribution in [0, 0.1) is 0 Å². The van der Waals surface area contributed by atoms with E-state index in [1.807, 2.05) is 65.2 Å². The molecule has 3 aromatic rings. The number of carbonyl (C=O) groups excluding carboxylic acids is 2. The van der Waals surface area contributed by atoms with Gasteiger partial charge in [0.25, 0.3) is 0 Å². The maximum Gasteiger partial charge on any atom is 0.321 e. The second-order valence-electron chi connectivity index (χ2n) is 6.06. The van der Waals surface area contributed by atoms with Gasteiger partial charge in [0.1, 0.15) is 5.82 Å². The summed E-state index contributed by atoms with van der Waals surface area (Å²) in [6.45, 7) is 1.73. The van der Waals surface area contributed by atoms with Crippen molar-refractivity contribution in [1.82, 2.24) is 25.4 Å². The molecule has 3 amide bonds. The zero-order valence-corrected chi connectivity index (χ0v) is 16.4. The first-order chi connectivity index (χ1) is 13.6. The molecule has 8 heteroatoms. The van der Waals surface area contributed by atoms with Gasteiger partial charge in [0, 0.05) is 19.2 Å². The number of nitrogens with zero attached hydrogens (tertiary/aromatic N) is 3. The molecule has 0 aliphatic rings. The molecule has 0 radical (unpaired) electrons. The molecule has 28 heavy (non-hydrogen) atoms. The molecular formula is C20H21N5O2S. The van der Waals surface area contributed by atoms with E-state index in [0.29, 0.717) is 11.6 Å². The summed E-state index contributed by atoms with van der Waals surface area (Å²) in [4.78, 5) is 23.6. The van der Waals surface area contributed by atoms with Crippen molar-refractivity contribution < 1.29 is 9.59 Å². The number of urea groups is 1. The normalized spacial score (nSPS) is 11.6. The Balaban J connectivity index is 1.89. The molecule has 1 atom stereocenters. The molecule has 0 aliphatic carbocycles. The zero-order chi connectivity index (χ0) is 19.9. The highest BCUT2D eigenvalue weighted by Crippen LogP contribution is 2.26. The van der Waals surface area contributed by atoms with E-state index in [1.54, 1.807) is 6.92 Å². The van der Waals surface area contributed by atoms with Crippen molar-refractivity contribution in [2.45, 2.75) is 23.8 Å². The minimum absolute atomic E-state index is 0.392. The number of hydrogen-bond donors (Lipinski definition) is 2. The number of thioether (sulfide) groups is 1. The monoisotopic (exact) mass is 395 g/mol. The predicted molar refractivity (Wildman–Crippen MR) is 109 cm³/mol. The van der Waals surface area contributed by atoms with Gasteiger partial charge in [-0.3, -0.25) is 14.7 Å². The third-order valence-electron chi connectivity index (χ3n) is 4.04. The highest BCUT2D eigenvalue weighted by atomic mass is 32.2. The average molecular weight is 395 g/mol. The second-order valence-corrected chi connectivity index (χ2v) is 7.37. The zero-order valence-electron chi connectivity index (χ0n) is 15.6. The van der Waals surface area contributed by atoms with E-state index >= 15 is 0 Å². The van der Waals surface area contributed by atoms with Crippen LogP contribution in [-0.4, -0.2) is 39.0 Å². The number of imide groups is 1. The third kappa shape index (κ3) is 4.77. The summed E-state index contributed by atoms with van der Waals surface area (Å²) in [5, 5.41) is 13.4. The molecule has 3 rings (SSSR count). The SMILES string of the molecule is CNC(=O)NC(=O)C(C)Sc1nnc(Cc2ccccc2)n1-c1ccccc1. The highest BCUT2D eigenvalue weighted by Gasteiger charge is 2.22. The van der Waals surface area contributed by atoms with E-state index in [2.05, 4.69) is 20.8 Å². The van der Waals surface area contributed by atoms with Gasteiger partial charge in [-0.1, -0.05) is 60.3 Å². The van der Waals surface area contributed by atoms with Crippen LogP contribution in [0.25, 0.3) is 5.69 Å². The van der Waals surface area contributed by atoms with Crippen LogP contribution in [0.5, 0.6) is 0 Å².